The SMILES string of the molecule is CCC(CC(=O)O)NS(=O)(=O)c1ccc(Br)c(C)c1. The Balaban J connectivity index is 2.96. The topological polar surface area (TPSA) is 83.5 Å². The van der Waals surface area contributed by atoms with Gasteiger partial charge in [0.05, 0.1) is 11.3 Å². The van der Waals surface area contributed by atoms with E-state index in [4.69, 9.17) is 5.11 Å². The number of hydrogen-bond donors (Lipinski definition) is 2. The molecule has 1 aromatic rings. The summed E-state index contributed by atoms with van der Waals surface area (Å²) in [5.74, 6) is -1.03. The molecule has 0 bridgehead atoms. The van der Waals surface area contributed by atoms with Gasteiger partial charge in [0.15, 0.2) is 0 Å². The Bertz CT molecular complexity index is 571. The lowest BCUT2D eigenvalue weighted by Crippen LogP contribution is -2.36. The van der Waals surface area contributed by atoms with Crippen molar-refractivity contribution >= 4 is 31.9 Å². The van der Waals surface area contributed by atoms with E-state index in [0.29, 0.717) is 6.42 Å². The molecule has 0 aromatic heterocycles. The minimum atomic E-state index is -3.69. The molecular weight excluding hydrogens is 334 g/mol. The highest BCUT2D eigenvalue weighted by atomic mass is 79.9. The van der Waals surface area contributed by atoms with Gasteiger partial charge >= 0.3 is 5.97 Å². The van der Waals surface area contributed by atoms with E-state index in [1.807, 2.05) is 0 Å². The number of carboxylic acid groups (broad SMARTS) is 1. The van der Waals surface area contributed by atoms with E-state index in [-0.39, 0.29) is 11.3 Å². The van der Waals surface area contributed by atoms with Crippen LogP contribution in [0.1, 0.15) is 25.3 Å². The second kappa shape index (κ2) is 6.49. The zero-order chi connectivity index (χ0) is 14.6. The monoisotopic (exact) mass is 349 g/mol. The third-order valence-electron chi connectivity index (χ3n) is 2.68. The second-order valence-electron chi connectivity index (χ2n) is 4.24. The van der Waals surface area contributed by atoms with Gasteiger partial charge in [-0.2, -0.15) is 0 Å². The van der Waals surface area contributed by atoms with Crippen LogP contribution in [0.15, 0.2) is 27.6 Å². The first-order chi connectivity index (χ1) is 8.76. The molecule has 0 heterocycles. The van der Waals surface area contributed by atoms with Gasteiger partial charge in [-0.3, -0.25) is 4.79 Å². The second-order valence-corrected chi connectivity index (χ2v) is 6.80. The number of nitrogens with one attached hydrogen (secondary N) is 1. The number of aryl methyl sites for hydroxylation is 1. The van der Waals surface area contributed by atoms with Crippen molar-refractivity contribution in [3.8, 4) is 0 Å². The van der Waals surface area contributed by atoms with Crippen LogP contribution in [0.3, 0.4) is 0 Å². The van der Waals surface area contributed by atoms with Gasteiger partial charge in [-0.05, 0) is 37.1 Å². The predicted octanol–water partition coefficient (Wildman–Crippen LogP) is 2.29. The number of aliphatic carboxylic acids is 1. The summed E-state index contributed by atoms with van der Waals surface area (Å²) in [7, 11) is -3.69. The molecule has 7 heteroatoms. The molecule has 1 aromatic carbocycles. The minimum Gasteiger partial charge on any atom is -0.481 e. The fourth-order valence-electron chi connectivity index (χ4n) is 1.55. The third-order valence-corrected chi connectivity index (χ3v) is 5.08. The molecule has 19 heavy (non-hydrogen) atoms. The Morgan fingerprint density at radius 1 is 1.47 bits per heavy atom. The maximum absolute atomic E-state index is 12.1. The molecular formula is C12H16BrNO4S. The maximum Gasteiger partial charge on any atom is 0.304 e. The lowest BCUT2D eigenvalue weighted by molar-refractivity contribution is -0.137. The minimum absolute atomic E-state index is 0.136. The molecule has 0 aliphatic heterocycles. The highest BCUT2D eigenvalue weighted by Gasteiger charge is 2.21. The first-order valence-electron chi connectivity index (χ1n) is 5.76. The van der Waals surface area contributed by atoms with Crippen molar-refractivity contribution in [3.63, 3.8) is 0 Å². The van der Waals surface area contributed by atoms with E-state index in [0.717, 1.165) is 10.0 Å². The molecule has 0 aliphatic carbocycles. The van der Waals surface area contributed by atoms with Crippen LogP contribution in [-0.2, 0) is 14.8 Å². The highest BCUT2D eigenvalue weighted by molar-refractivity contribution is 9.10. The zero-order valence-electron chi connectivity index (χ0n) is 10.7. The number of halogens is 1. The molecule has 5 nitrogen and oxygen atoms in total. The molecule has 0 spiro atoms. The molecule has 1 atom stereocenters. The summed E-state index contributed by atoms with van der Waals surface area (Å²) in [5.41, 5.74) is 0.800. The van der Waals surface area contributed by atoms with Crippen LogP contribution < -0.4 is 4.72 Å². The van der Waals surface area contributed by atoms with Gasteiger partial charge in [-0.15, -0.1) is 0 Å². The summed E-state index contributed by atoms with van der Waals surface area (Å²) in [4.78, 5) is 10.8. The van der Waals surface area contributed by atoms with E-state index >= 15 is 0 Å². The van der Waals surface area contributed by atoms with E-state index in [9.17, 15) is 13.2 Å². The van der Waals surface area contributed by atoms with Crippen molar-refractivity contribution in [3.05, 3.63) is 28.2 Å². The van der Waals surface area contributed by atoms with E-state index < -0.39 is 22.0 Å². The van der Waals surface area contributed by atoms with Crippen LogP contribution in [0.25, 0.3) is 0 Å². The summed E-state index contributed by atoms with van der Waals surface area (Å²) in [5, 5.41) is 8.72. The first kappa shape index (κ1) is 16.1. The highest BCUT2D eigenvalue weighted by Crippen LogP contribution is 2.20. The van der Waals surface area contributed by atoms with Crippen molar-refractivity contribution in [1.82, 2.24) is 4.72 Å². The number of carboxylic acids is 1. The number of hydrogen-bond acceptors (Lipinski definition) is 3. The predicted molar refractivity (Wildman–Crippen MR) is 75.5 cm³/mol. The Labute approximate surface area is 121 Å². The van der Waals surface area contributed by atoms with E-state index in [1.54, 1.807) is 26.0 Å². The van der Waals surface area contributed by atoms with E-state index in [2.05, 4.69) is 20.7 Å². The van der Waals surface area contributed by atoms with Crippen molar-refractivity contribution in [2.45, 2.75) is 37.6 Å². The van der Waals surface area contributed by atoms with Gasteiger partial charge in [0, 0.05) is 10.5 Å². The standard InChI is InChI=1S/C12H16BrNO4S/c1-3-9(7-12(15)16)14-19(17,18)10-4-5-11(13)8(2)6-10/h4-6,9,14H,3,7H2,1-2H3,(H,15,16). The van der Waals surface area contributed by atoms with Crippen molar-refractivity contribution in [2.75, 3.05) is 0 Å². The summed E-state index contributed by atoms with van der Waals surface area (Å²) in [6, 6.07) is 4.07. The van der Waals surface area contributed by atoms with Crippen molar-refractivity contribution in [1.29, 1.82) is 0 Å². The van der Waals surface area contributed by atoms with Gasteiger partial charge in [-0.25, -0.2) is 13.1 Å². The quantitative estimate of drug-likeness (QED) is 0.825. The van der Waals surface area contributed by atoms with Crippen LogP contribution in [0.5, 0.6) is 0 Å². The van der Waals surface area contributed by atoms with Gasteiger partial charge in [0.1, 0.15) is 0 Å². The summed E-state index contributed by atoms with van der Waals surface area (Å²) >= 11 is 3.30. The molecule has 0 radical (unpaired) electrons. The molecule has 1 rings (SSSR count). The number of benzene rings is 1. The van der Waals surface area contributed by atoms with Crippen molar-refractivity contribution < 1.29 is 18.3 Å². The molecule has 106 valence electrons. The summed E-state index contributed by atoms with van der Waals surface area (Å²) < 4.78 is 27.5. The van der Waals surface area contributed by atoms with Gasteiger partial charge in [0.2, 0.25) is 10.0 Å². The van der Waals surface area contributed by atoms with Gasteiger partial charge < -0.3 is 5.11 Å². The zero-order valence-corrected chi connectivity index (χ0v) is 13.1. The number of carbonyl (C=O) groups is 1. The third kappa shape index (κ3) is 4.59. The molecule has 0 saturated heterocycles. The maximum atomic E-state index is 12.1. The molecule has 0 fully saturated rings. The first-order valence-corrected chi connectivity index (χ1v) is 8.04. The van der Waals surface area contributed by atoms with Crippen LogP contribution in [-0.4, -0.2) is 25.5 Å². The molecule has 0 saturated carbocycles. The molecule has 0 amide bonds. The Morgan fingerprint density at radius 3 is 2.58 bits per heavy atom. The average Bonchev–Trinajstić information content (AvgIpc) is 2.30. The number of sulfonamides is 1. The normalized spacial score (nSPS) is 13.2. The lowest BCUT2D eigenvalue weighted by atomic mass is 10.2. The summed E-state index contributed by atoms with van der Waals surface area (Å²) in [6.45, 7) is 3.53. The molecule has 1 unspecified atom stereocenters. The smallest absolute Gasteiger partial charge is 0.304 e. The lowest BCUT2D eigenvalue weighted by Gasteiger charge is -2.15. The Morgan fingerprint density at radius 2 is 2.11 bits per heavy atom. The fraction of sp³-hybridized carbons (Fsp3) is 0.417. The summed E-state index contributed by atoms with van der Waals surface area (Å²) in [6.07, 6.45) is 0.187. The Hall–Kier alpha value is -0.920. The molecule has 2 N–H and O–H groups in total. The van der Waals surface area contributed by atoms with Crippen molar-refractivity contribution in [2.24, 2.45) is 0 Å². The largest absolute Gasteiger partial charge is 0.481 e. The Kier molecular flexibility index (Phi) is 5.51. The van der Waals surface area contributed by atoms with Crippen LogP contribution in [0.4, 0.5) is 0 Å². The van der Waals surface area contributed by atoms with Gasteiger partial charge in [0.25, 0.3) is 0 Å². The van der Waals surface area contributed by atoms with Crippen LogP contribution in [0, 0.1) is 6.92 Å². The van der Waals surface area contributed by atoms with E-state index in [1.165, 1.54) is 6.07 Å². The van der Waals surface area contributed by atoms with Gasteiger partial charge in [-0.1, -0.05) is 22.9 Å². The number of rotatable bonds is 6. The molecule has 0 aliphatic rings. The fourth-order valence-corrected chi connectivity index (χ4v) is 3.20. The van der Waals surface area contributed by atoms with Crippen LogP contribution >= 0.6 is 15.9 Å². The average molecular weight is 350 g/mol. The van der Waals surface area contributed by atoms with Crippen LogP contribution in [0.2, 0.25) is 0 Å².